The molecule has 30 heavy (non-hydrogen) atoms. The van der Waals surface area contributed by atoms with E-state index in [0.29, 0.717) is 16.8 Å². The van der Waals surface area contributed by atoms with Crippen LogP contribution in [0.15, 0.2) is 72.8 Å². The van der Waals surface area contributed by atoms with E-state index in [1.165, 1.54) is 0 Å². The van der Waals surface area contributed by atoms with Gasteiger partial charge in [-0.25, -0.2) is 4.98 Å². The van der Waals surface area contributed by atoms with Crippen LogP contribution in [0.3, 0.4) is 0 Å². The molecule has 6 nitrogen and oxygen atoms in total. The quantitative estimate of drug-likeness (QED) is 0.441. The molecular formula is C23H16N4O2S. The van der Waals surface area contributed by atoms with Crippen LogP contribution >= 0.6 is 11.7 Å². The lowest BCUT2D eigenvalue weighted by Crippen LogP contribution is -2.13. The highest BCUT2D eigenvalue weighted by Gasteiger charge is 2.16. The molecular weight excluding hydrogens is 396 g/mol. The number of nitrogens with zero attached hydrogens (tertiary/aromatic N) is 3. The van der Waals surface area contributed by atoms with Crippen molar-refractivity contribution >= 4 is 45.3 Å². The zero-order chi connectivity index (χ0) is 20.5. The van der Waals surface area contributed by atoms with Crippen LogP contribution in [0.1, 0.15) is 10.4 Å². The second-order valence-electron chi connectivity index (χ2n) is 6.69. The van der Waals surface area contributed by atoms with E-state index in [9.17, 15) is 4.79 Å². The predicted molar refractivity (Wildman–Crippen MR) is 119 cm³/mol. The molecule has 1 amide bonds. The van der Waals surface area contributed by atoms with Gasteiger partial charge in [0.05, 0.1) is 41.3 Å². The van der Waals surface area contributed by atoms with E-state index in [1.54, 1.807) is 7.11 Å². The van der Waals surface area contributed by atoms with Gasteiger partial charge in [-0.05, 0) is 48.5 Å². The van der Waals surface area contributed by atoms with E-state index in [2.05, 4.69) is 14.1 Å². The first-order chi connectivity index (χ1) is 14.7. The molecule has 0 saturated heterocycles. The summed E-state index contributed by atoms with van der Waals surface area (Å²) in [5.41, 5.74) is 5.01. The summed E-state index contributed by atoms with van der Waals surface area (Å²) in [6.45, 7) is 0. The molecule has 1 N–H and O–H groups in total. The fourth-order valence-electron chi connectivity index (χ4n) is 3.37. The molecule has 2 heterocycles. The molecule has 0 bridgehead atoms. The number of benzene rings is 3. The molecule has 0 atom stereocenters. The number of para-hydroxylation sites is 1. The van der Waals surface area contributed by atoms with Gasteiger partial charge in [-0.15, -0.1) is 0 Å². The molecule has 3 aromatic carbocycles. The third-order valence-electron chi connectivity index (χ3n) is 4.88. The maximum absolute atomic E-state index is 13.3. The van der Waals surface area contributed by atoms with E-state index >= 15 is 0 Å². The Morgan fingerprint density at radius 3 is 2.57 bits per heavy atom. The van der Waals surface area contributed by atoms with Crippen LogP contribution in [-0.2, 0) is 0 Å². The van der Waals surface area contributed by atoms with E-state index in [1.807, 2.05) is 72.8 Å². The van der Waals surface area contributed by atoms with Gasteiger partial charge in [0.25, 0.3) is 5.91 Å². The number of nitrogens with one attached hydrogen (secondary N) is 1. The molecule has 0 radical (unpaired) electrons. The number of hydrogen-bond acceptors (Lipinski definition) is 6. The number of rotatable bonds is 4. The number of anilines is 1. The van der Waals surface area contributed by atoms with Gasteiger partial charge in [0.2, 0.25) is 0 Å². The average molecular weight is 412 g/mol. The van der Waals surface area contributed by atoms with Crippen molar-refractivity contribution in [2.24, 2.45) is 0 Å². The van der Waals surface area contributed by atoms with Gasteiger partial charge in [0.1, 0.15) is 16.8 Å². The van der Waals surface area contributed by atoms with Gasteiger partial charge in [0, 0.05) is 10.9 Å². The van der Waals surface area contributed by atoms with Crippen molar-refractivity contribution in [3.63, 3.8) is 0 Å². The molecule has 0 unspecified atom stereocenters. The minimum atomic E-state index is -0.219. The highest BCUT2D eigenvalue weighted by molar-refractivity contribution is 7.00. The number of aromatic nitrogens is 3. The summed E-state index contributed by atoms with van der Waals surface area (Å²) in [5.74, 6) is 0.548. The number of fused-ring (bicyclic) bond motifs is 2. The third-order valence-corrected chi connectivity index (χ3v) is 5.42. The topological polar surface area (TPSA) is 77.0 Å². The lowest BCUT2D eigenvalue weighted by molar-refractivity contribution is 0.102. The minimum absolute atomic E-state index is 0.219. The zero-order valence-corrected chi connectivity index (χ0v) is 16.8. The normalized spacial score (nSPS) is 11.0. The zero-order valence-electron chi connectivity index (χ0n) is 16.0. The van der Waals surface area contributed by atoms with Crippen LogP contribution in [0.25, 0.3) is 33.2 Å². The first kappa shape index (κ1) is 18.2. The molecule has 7 heteroatoms. The monoisotopic (exact) mass is 412 g/mol. The lowest BCUT2D eigenvalue weighted by Gasteiger charge is -2.11. The number of carbonyl (C=O) groups is 1. The van der Waals surface area contributed by atoms with Crippen molar-refractivity contribution in [1.29, 1.82) is 0 Å². The van der Waals surface area contributed by atoms with Crippen LogP contribution < -0.4 is 10.1 Å². The maximum atomic E-state index is 13.3. The highest BCUT2D eigenvalue weighted by atomic mass is 32.1. The smallest absolute Gasteiger partial charge is 0.256 e. The SMILES string of the molecule is COc1ccc(-c2cc(C(=O)Nc3cccc4nsnc34)c3ccccc3n2)cc1. The van der Waals surface area contributed by atoms with Crippen LogP contribution in [0, 0.1) is 0 Å². The Morgan fingerprint density at radius 1 is 0.933 bits per heavy atom. The Labute approximate surface area is 176 Å². The molecule has 5 aromatic rings. The Kier molecular flexibility index (Phi) is 4.57. The van der Waals surface area contributed by atoms with Gasteiger partial charge >= 0.3 is 0 Å². The molecule has 5 rings (SSSR count). The number of hydrogen-bond donors (Lipinski definition) is 1. The summed E-state index contributed by atoms with van der Waals surface area (Å²) >= 11 is 1.12. The van der Waals surface area contributed by atoms with Crippen molar-refractivity contribution in [2.45, 2.75) is 0 Å². The van der Waals surface area contributed by atoms with Crippen LogP contribution in [0.4, 0.5) is 5.69 Å². The van der Waals surface area contributed by atoms with Gasteiger partial charge in [0.15, 0.2) is 0 Å². The first-order valence-electron chi connectivity index (χ1n) is 9.30. The van der Waals surface area contributed by atoms with Crippen LogP contribution in [-0.4, -0.2) is 26.7 Å². The summed E-state index contributed by atoms with van der Waals surface area (Å²) < 4.78 is 13.8. The van der Waals surface area contributed by atoms with E-state index < -0.39 is 0 Å². The maximum Gasteiger partial charge on any atom is 0.256 e. The first-order valence-corrected chi connectivity index (χ1v) is 10.0. The number of methoxy groups -OCH3 is 1. The third kappa shape index (κ3) is 3.25. The van der Waals surface area contributed by atoms with Crippen molar-refractivity contribution in [3.05, 3.63) is 78.4 Å². The van der Waals surface area contributed by atoms with Crippen molar-refractivity contribution in [1.82, 2.24) is 13.7 Å². The summed E-state index contributed by atoms with van der Waals surface area (Å²) in [7, 11) is 1.63. The van der Waals surface area contributed by atoms with Crippen molar-refractivity contribution < 1.29 is 9.53 Å². The second kappa shape index (κ2) is 7.53. The number of carbonyl (C=O) groups excluding carboxylic acids is 1. The summed E-state index contributed by atoms with van der Waals surface area (Å²) in [6.07, 6.45) is 0. The molecule has 0 aliphatic rings. The van der Waals surface area contributed by atoms with Gasteiger partial charge in [-0.3, -0.25) is 4.79 Å². The van der Waals surface area contributed by atoms with Gasteiger partial charge < -0.3 is 10.1 Å². The molecule has 0 fully saturated rings. The van der Waals surface area contributed by atoms with Gasteiger partial charge in [-0.2, -0.15) is 8.75 Å². The highest BCUT2D eigenvalue weighted by Crippen LogP contribution is 2.28. The lowest BCUT2D eigenvalue weighted by atomic mass is 10.0. The van der Waals surface area contributed by atoms with Gasteiger partial charge in [-0.1, -0.05) is 24.3 Å². The van der Waals surface area contributed by atoms with Crippen molar-refractivity contribution in [3.8, 4) is 17.0 Å². The number of ether oxygens (including phenoxy) is 1. The van der Waals surface area contributed by atoms with Crippen LogP contribution in [0.5, 0.6) is 5.75 Å². The molecule has 146 valence electrons. The Bertz CT molecular complexity index is 1380. The average Bonchev–Trinajstić information content (AvgIpc) is 3.28. The van der Waals surface area contributed by atoms with E-state index in [4.69, 9.17) is 9.72 Å². The fourth-order valence-corrected chi connectivity index (χ4v) is 3.92. The Hall–Kier alpha value is -3.84. The second-order valence-corrected chi connectivity index (χ2v) is 7.22. The molecule has 2 aromatic heterocycles. The van der Waals surface area contributed by atoms with Crippen LogP contribution in [0.2, 0.25) is 0 Å². The fraction of sp³-hybridized carbons (Fsp3) is 0.0435. The van der Waals surface area contributed by atoms with Crippen molar-refractivity contribution in [2.75, 3.05) is 12.4 Å². The molecule has 0 spiro atoms. The Balaban J connectivity index is 1.60. The Morgan fingerprint density at radius 2 is 1.73 bits per heavy atom. The minimum Gasteiger partial charge on any atom is -0.497 e. The van der Waals surface area contributed by atoms with E-state index in [0.717, 1.165) is 45.2 Å². The predicted octanol–water partition coefficient (Wildman–Crippen LogP) is 5.17. The number of pyridine rings is 1. The summed E-state index contributed by atoms with van der Waals surface area (Å²) in [4.78, 5) is 18.0. The van der Waals surface area contributed by atoms with E-state index in [-0.39, 0.29) is 5.91 Å². The molecule has 0 saturated carbocycles. The largest absolute Gasteiger partial charge is 0.497 e. The molecule has 0 aliphatic carbocycles. The number of amides is 1. The summed E-state index contributed by atoms with van der Waals surface area (Å²) in [6, 6.07) is 22.6. The molecule has 0 aliphatic heterocycles. The summed E-state index contributed by atoms with van der Waals surface area (Å²) in [5, 5.41) is 3.78. The standard InChI is InChI=1S/C23H16N4O2S/c1-29-15-11-9-14(10-12-15)21-13-17(16-5-2-3-6-18(16)24-21)23(28)25-19-7-4-8-20-22(19)27-30-26-20/h2-13H,1H3,(H,25,28).